The Bertz CT molecular complexity index is 918. The van der Waals surface area contributed by atoms with Crippen molar-refractivity contribution in [2.75, 3.05) is 6.61 Å². The SMILES string of the molecule is Cc1cc(O[C@H]2O[C@H](CO)[C@@H](O)[C@H](O)[C@H]2O)c2c3c(c(=O)oc2c1)CCC3. The maximum Gasteiger partial charge on any atom is 0.339 e. The predicted octanol–water partition coefficient (Wildman–Crippen LogP) is -0.231. The number of aryl methyl sites for hydroxylation is 2. The highest BCUT2D eigenvalue weighted by Crippen LogP contribution is 2.36. The molecule has 2 aromatic rings. The second-order valence-corrected chi connectivity index (χ2v) is 7.15. The van der Waals surface area contributed by atoms with Crippen LogP contribution >= 0.6 is 0 Å². The number of hydrogen-bond donors (Lipinski definition) is 4. The molecule has 0 bridgehead atoms. The highest BCUT2D eigenvalue weighted by atomic mass is 16.7. The highest BCUT2D eigenvalue weighted by molar-refractivity contribution is 5.88. The third-order valence-corrected chi connectivity index (χ3v) is 5.27. The van der Waals surface area contributed by atoms with E-state index in [1.54, 1.807) is 12.1 Å². The molecule has 1 aliphatic carbocycles. The summed E-state index contributed by atoms with van der Waals surface area (Å²) in [4.78, 5) is 12.2. The van der Waals surface area contributed by atoms with Crippen molar-refractivity contribution in [2.45, 2.75) is 56.9 Å². The lowest BCUT2D eigenvalue weighted by atomic mass is 9.99. The Morgan fingerprint density at radius 2 is 1.85 bits per heavy atom. The van der Waals surface area contributed by atoms with Gasteiger partial charge in [0.1, 0.15) is 35.7 Å². The van der Waals surface area contributed by atoms with Crippen molar-refractivity contribution in [1.82, 2.24) is 0 Å². The van der Waals surface area contributed by atoms with Gasteiger partial charge >= 0.3 is 5.63 Å². The quantitative estimate of drug-likeness (QED) is 0.539. The van der Waals surface area contributed by atoms with Gasteiger partial charge in [0.15, 0.2) is 0 Å². The van der Waals surface area contributed by atoms with Crippen LogP contribution in [0.3, 0.4) is 0 Å². The Morgan fingerprint density at radius 3 is 2.59 bits per heavy atom. The minimum atomic E-state index is -1.53. The van der Waals surface area contributed by atoms with E-state index in [0.717, 1.165) is 17.5 Å². The van der Waals surface area contributed by atoms with E-state index in [2.05, 4.69) is 0 Å². The summed E-state index contributed by atoms with van der Waals surface area (Å²) in [6, 6.07) is 3.48. The van der Waals surface area contributed by atoms with Crippen LogP contribution in [0.15, 0.2) is 21.3 Å². The summed E-state index contributed by atoms with van der Waals surface area (Å²) >= 11 is 0. The number of aliphatic hydroxyl groups is 4. The van der Waals surface area contributed by atoms with E-state index in [9.17, 15) is 25.2 Å². The molecule has 4 N–H and O–H groups in total. The van der Waals surface area contributed by atoms with Gasteiger partial charge in [0, 0.05) is 5.56 Å². The molecule has 8 nitrogen and oxygen atoms in total. The molecule has 1 aromatic heterocycles. The van der Waals surface area contributed by atoms with E-state index >= 15 is 0 Å². The highest BCUT2D eigenvalue weighted by Gasteiger charge is 2.45. The predicted molar refractivity (Wildman–Crippen MR) is 93.6 cm³/mol. The van der Waals surface area contributed by atoms with Crippen LogP contribution in [0.4, 0.5) is 0 Å². The van der Waals surface area contributed by atoms with Gasteiger partial charge in [0.25, 0.3) is 0 Å². The molecule has 0 amide bonds. The van der Waals surface area contributed by atoms with Gasteiger partial charge in [-0.2, -0.15) is 0 Å². The normalized spacial score (nSPS) is 30.5. The molecule has 2 heterocycles. The molecule has 146 valence electrons. The van der Waals surface area contributed by atoms with Crippen molar-refractivity contribution in [3.8, 4) is 5.75 Å². The van der Waals surface area contributed by atoms with E-state index in [1.165, 1.54) is 0 Å². The molecule has 2 aliphatic rings. The van der Waals surface area contributed by atoms with Crippen molar-refractivity contribution < 1.29 is 34.3 Å². The van der Waals surface area contributed by atoms with E-state index in [0.29, 0.717) is 35.1 Å². The minimum Gasteiger partial charge on any atom is -0.461 e. The summed E-state index contributed by atoms with van der Waals surface area (Å²) in [5, 5.41) is 40.1. The van der Waals surface area contributed by atoms with E-state index < -0.39 is 37.3 Å². The summed E-state index contributed by atoms with van der Waals surface area (Å²) in [5.41, 5.74) is 2.31. The molecule has 0 saturated carbocycles. The number of hydrogen-bond acceptors (Lipinski definition) is 8. The van der Waals surface area contributed by atoms with Gasteiger partial charge in [-0.3, -0.25) is 0 Å². The molecule has 5 atom stereocenters. The van der Waals surface area contributed by atoms with Crippen molar-refractivity contribution in [1.29, 1.82) is 0 Å². The number of fused-ring (bicyclic) bond motifs is 3. The average molecular weight is 378 g/mol. The Kier molecular flexibility index (Phi) is 4.69. The lowest BCUT2D eigenvalue weighted by Gasteiger charge is -2.39. The lowest BCUT2D eigenvalue weighted by Crippen LogP contribution is -2.60. The van der Waals surface area contributed by atoms with Crippen LogP contribution in [0.2, 0.25) is 0 Å². The largest absolute Gasteiger partial charge is 0.461 e. The molecular weight excluding hydrogens is 356 g/mol. The van der Waals surface area contributed by atoms with Gasteiger partial charge in [0.05, 0.1) is 12.0 Å². The third-order valence-electron chi connectivity index (χ3n) is 5.27. The fourth-order valence-corrected chi connectivity index (χ4v) is 3.89. The maximum absolute atomic E-state index is 12.2. The Balaban J connectivity index is 1.78. The molecule has 0 unspecified atom stereocenters. The molecule has 0 radical (unpaired) electrons. The third kappa shape index (κ3) is 3.03. The molecule has 27 heavy (non-hydrogen) atoms. The molecule has 1 aromatic carbocycles. The first-order valence-corrected chi connectivity index (χ1v) is 8.97. The summed E-state index contributed by atoms with van der Waals surface area (Å²) < 4.78 is 16.8. The zero-order chi connectivity index (χ0) is 19.3. The number of ether oxygens (including phenoxy) is 2. The van der Waals surface area contributed by atoms with Crippen LogP contribution in [0.5, 0.6) is 5.75 Å². The first kappa shape index (κ1) is 18.4. The number of aliphatic hydroxyl groups excluding tert-OH is 4. The fourth-order valence-electron chi connectivity index (χ4n) is 3.89. The molecule has 4 rings (SSSR count). The zero-order valence-corrected chi connectivity index (χ0v) is 14.8. The second kappa shape index (κ2) is 6.88. The maximum atomic E-state index is 12.2. The standard InChI is InChI=1S/C19H22O8/c1-8-5-11-14(9-3-2-4-10(9)18(24)25-11)12(6-8)26-19-17(23)16(22)15(21)13(7-20)27-19/h5-6,13,15-17,19-23H,2-4,7H2,1H3/t13-,15-,16+,17-,19+/m1/s1. The van der Waals surface area contributed by atoms with Gasteiger partial charge in [-0.15, -0.1) is 0 Å². The van der Waals surface area contributed by atoms with Crippen molar-refractivity contribution in [3.05, 3.63) is 39.2 Å². The smallest absolute Gasteiger partial charge is 0.339 e. The molecule has 1 aliphatic heterocycles. The van der Waals surface area contributed by atoms with Crippen LogP contribution in [0, 0.1) is 6.92 Å². The van der Waals surface area contributed by atoms with Gasteiger partial charge in [0.2, 0.25) is 6.29 Å². The monoisotopic (exact) mass is 378 g/mol. The van der Waals surface area contributed by atoms with Crippen LogP contribution in [0.25, 0.3) is 11.0 Å². The summed E-state index contributed by atoms with van der Waals surface area (Å²) in [6.45, 7) is 1.27. The van der Waals surface area contributed by atoms with Crippen molar-refractivity contribution >= 4 is 11.0 Å². The van der Waals surface area contributed by atoms with Crippen LogP contribution in [-0.2, 0) is 17.6 Å². The first-order valence-electron chi connectivity index (χ1n) is 8.97. The first-order chi connectivity index (χ1) is 12.9. The van der Waals surface area contributed by atoms with Crippen molar-refractivity contribution in [3.63, 3.8) is 0 Å². The van der Waals surface area contributed by atoms with E-state index in [4.69, 9.17) is 13.9 Å². The Hall–Kier alpha value is -1.97. The molecule has 8 heteroatoms. The van der Waals surface area contributed by atoms with E-state index in [1.807, 2.05) is 6.92 Å². The zero-order valence-electron chi connectivity index (χ0n) is 14.8. The van der Waals surface area contributed by atoms with E-state index in [-0.39, 0.29) is 5.63 Å². The fraction of sp³-hybridized carbons (Fsp3) is 0.526. The van der Waals surface area contributed by atoms with Crippen LogP contribution in [-0.4, -0.2) is 57.7 Å². The van der Waals surface area contributed by atoms with Crippen LogP contribution in [0.1, 0.15) is 23.1 Å². The van der Waals surface area contributed by atoms with Gasteiger partial charge in [-0.05, 0) is 49.4 Å². The van der Waals surface area contributed by atoms with Crippen LogP contribution < -0.4 is 10.4 Å². The molecule has 1 saturated heterocycles. The molecule has 0 spiro atoms. The molecular formula is C19H22O8. The summed E-state index contributed by atoms with van der Waals surface area (Å²) in [7, 11) is 0. The number of benzene rings is 1. The second-order valence-electron chi connectivity index (χ2n) is 7.15. The Morgan fingerprint density at radius 1 is 1.11 bits per heavy atom. The van der Waals surface area contributed by atoms with Gasteiger partial charge in [-0.25, -0.2) is 4.79 Å². The van der Waals surface area contributed by atoms with Gasteiger partial charge in [-0.1, -0.05) is 0 Å². The summed E-state index contributed by atoms with van der Waals surface area (Å²) in [5.74, 6) is 0.358. The topological polar surface area (TPSA) is 130 Å². The average Bonchev–Trinajstić information content (AvgIpc) is 3.12. The van der Waals surface area contributed by atoms with Crippen molar-refractivity contribution in [2.24, 2.45) is 0 Å². The van der Waals surface area contributed by atoms with Gasteiger partial charge < -0.3 is 34.3 Å². The number of rotatable bonds is 3. The minimum absolute atomic E-state index is 0.348. The molecule has 1 fully saturated rings. The summed E-state index contributed by atoms with van der Waals surface area (Å²) in [6.07, 6.45) is -4.66. The Labute approximate surface area is 154 Å². The lowest BCUT2D eigenvalue weighted by molar-refractivity contribution is -0.277.